The summed E-state index contributed by atoms with van der Waals surface area (Å²) in [6.45, 7) is 2.14. The lowest BCUT2D eigenvalue weighted by Crippen LogP contribution is -2.26. The number of benzene rings is 1. The van der Waals surface area contributed by atoms with Crippen LogP contribution in [-0.2, 0) is 16.1 Å². The Kier molecular flexibility index (Phi) is 5.48. The van der Waals surface area contributed by atoms with E-state index in [0.717, 1.165) is 5.56 Å². The minimum absolute atomic E-state index is 0.173. The molecule has 0 spiro atoms. The van der Waals surface area contributed by atoms with E-state index < -0.39 is 12.1 Å². The van der Waals surface area contributed by atoms with E-state index in [1.807, 2.05) is 0 Å². The summed E-state index contributed by atoms with van der Waals surface area (Å²) < 4.78 is 4.62. The number of aliphatic hydroxyl groups excluding tert-OH is 1. The van der Waals surface area contributed by atoms with Gasteiger partial charge in [0.15, 0.2) is 11.9 Å². The second kappa shape index (κ2) is 6.88. The monoisotopic (exact) mass is 251 g/mol. The molecule has 1 rings (SSSR count). The van der Waals surface area contributed by atoms with Gasteiger partial charge in [0.05, 0.1) is 6.61 Å². The third kappa shape index (κ3) is 3.94. The first-order chi connectivity index (χ1) is 8.58. The first-order valence-electron chi connectivity index (χ1n) is 5.75. The maximum atomic E-state index is 11.8. The zero-order chi connectivity index (χ0) is 13.5. The number of hydrogen-bond acceptors (Lipinski definition) is 5. The Morgan fingerprint density at radius 2 is 2.17 bits per heavy atom. The first-order valence-corrected chi connectivity index (χ1v) is 5.75. The van der Waals surface area contributed by atoms with Crippen LogP contribution in [0.1, 0.15) is 29.3 Å². The van der Waals surface area contributed by atoms with Gasteiger partial charge in [-0.1, -0.05) is 18.2 Å². The van der Waals surface area contributed by atoms with Crippen molar-refractivity contribution in [1.29, 1.82) is 0 Å². The fourth-order valence-corrected chi connectivity index (χ4v) is 1.49. The molecule has 1 atom stereocenters. The molecule has 0 saturated carbocycles. The highest BCUT2D eigenvalue weighted by atomic mass is 16.5. The maximum Gasteiger partial charge on any atom is 0.335 e. The molecule has 0 aromatic heterocycles. The Hall–Kier alpha value is -1.72. The van der Waals surface area contributed by atoms with E-state index in [1.54, 1.807) is 31.2 Å². The van der Waals surface area contributed by atoms with Crippen molar-refractivity contribution in [2.75, 3.05) is 6.61 Å². The Balaban J connectivity index is 2.67. The van der Waals surface area contributed by atoms with Crippen LogP contribution in [0.15, 0.2) is 24.3 Å². The van der Waals surface area contributed by atoms with E-state index in [1.165, 1.54) is 0 Å². The van der Waals surface area contributed by atoms with Crippen LogP contribution in [0.2, 0.25) is 0 Å². The van der Waals surface area contributed by atoms with Crippen LogP contribution >= 0.6 is 0 Å². The molecule has 0 heterocycles. The van der Waals surface area contributed by atoms with Gasteiger partial charge < -0.3 is 15.6 Å². The largest absolute Gasteiger partial charge is 0.464 e. The van der Waals surface area contributed by atoms with Gasteiger partial charge in [-0.3, -0.25) is 4.79 Å². The molecule has 98 valence electrons. The Bertz CT molecular complexity index is 431. The highest BCUT2D eigenvalue weighted by Crippen LogP contribution is 2.09. The van der Waals surface area contributed by atoms with Gasteiger partial charge in [0.1, 0.15) is 0 Å². The lowest BCUT2D eigenvalue weighted by atomic mass is 10.0. The summed E-state index contributed by atoms with van der Waals surface area (Å²) in [5.74, 6) is -1.09. The van der Waals surface area contributed by atoms with Crippen LogP contribution in [0.25, 0.3) is 0 Å². The van der Waals surface area contributed by atoms with Gasteiger partial charge in [-0.25, -0.2) is 4.79 Å². The highest BCUT2D eigenvalue weighted by molar-refractivity contribution is 5.98. The molecule has 0 aliphatic heterocycles. The summed E-state index contributed by atoms with van der Waals surface area (Å²) in [7, 11) is 0. The SMILES string of the molecule is CCOC(=O)C(O)CC(=O)c1cccc(CN)c1. The molecule has 0 aliphatic rings. The summed E-state index contributed by atoms with van der Waals surface area (Å²) in [6.07, 6.45) is -1.70. The molecule has 5 heteroatoms. The third-order valence-corrected chi connectivity index (χ3v) is 2.42. The van der Waals surface area contributed by atoms with Gasteiger partial charge >= 0.3 is 5.97 Å². The predicted molar refractivity (Wildman–Crippen MR) is 65.9 cm³/mol. The molecule has 3 N–H and O–H groups in total. The van der Waals surface area contributed by atoms with Gasteiger partial charge in [-0.2, -0.15) is 0 Å². The van der Waals surface area contributed by atoms with Crippen molar-refractivity contribution >= 4 is 11.8 Å². The van der Waals surface area contributed by atoms with Gasteiger partial charge in [0.2, 0.25) is 0 Å². The number of Topliss-reactive ketones (excluding diaryl/α,β-unsaturated/α-hetero) is 1. The number of carbonyl (C=O) groups excluding carboxylic acids is 2. The van der Waals surface area contributed by atoms with Crippen LogP contribution in [0.3, 0.4) is 0 Å². The van der Waals surface area contributed by atoms with Gasteiger partial charge in [-0.15, -0.1) is 0 Å². The van der Waals surface area contributed by atoms with Crippen LogP contribution in [0.5, 0.6) is 0 Å². The van der Waals surface area contributed by atoms with Gasteiger partial charge in [0.25, 0.3) is 0 Å². The smallest absolute Gasteiger partial charge is 0.335 e. The third-order valence-electron chi connectivity index (χ3n) is 2.42. The fraction of sp³-hybridized carbons (Fsp3) is 0.385. The lowest BCUT2D eigenvalue weighted by Gasteiger charge is -2.09. The number of carbonyl (C=O) groups is 2. The van der Waals surface area contributed by atoms with Gasteiger partial charge in [0, 0.05) is 18.5 Å². The molecule has 5 nitrogen and oxygen atoms in total. The highest BCUT2D eigenvalue weighted by Gasteiger charge is 2.20. The number of aliphatic hydroxyl groups is 1. The molecule has 0 radical (unpaired) electrons. The number of ether oxygens (including phenoxy) is 1. The molecule has 0 aliphatic carbocycles. The molecule has 0 saturated heterocycles. The number of rotatable bonds is 6. The van der Waals surface area contributed by atoms with Crippen molar-refractivity contribution in [1.82, 2.24) is 0 Å². The Labute approximate surface area is 106 Å². The van der Waals surface area contributed by atoms with E-state index >= 15 is 0 Å². The van der Waals surface area contributed by atoms with E-state index in [4.69, 9.17) is 5.73 Å². The lowest BCUT2D eigenvalue weighted by molar-refractivity contribution is -0.152. The van der Waals surface area contributed by atoms with Crippen molar-refractivity contribution < 1.29 is 19.4 Å². The zero-order valence-electron chi connectivity index (χ0n) is 10.3. The average molecular weight is 251 g/mol. The summed E-state index contributed by atoms with van der Waals surface area (Å²) in [6, 6.07) is 6.80. The van der Waals surface area contributed by atoms with E-state index in [2.05, 4.69) is 4.74 Å². The molecule has 0 bridgehead atoms. The quantitative estimate of drug-likeness (QED) is 0.572. The second-order valence-corrected chi connectivity index (χ2v) is 3.80. The topological polar surface area (TPSA) is 89.6 Å². The summed E-state index contributed by atoms with van der Waals surface area (Å²) in [5, 5.41) is 9.49. The molecule has 0 amide bonds. The molecular weight excluding hydrogens is 234 g/mol. The predicted octanol–water partition coefficient (Wildman–Crippen LogP) is 0.642. The summed E-state index contributed by atoms with van der Waals surface area (Å²) in [4.78, 5) is 23.0. The molecule has 1 aromatic rings. The normalized spacial score (nSPS) is 11.9. The van der Waals surface area contributed by atoms with E-state index in [-0.39, 0.29) is 18.8 Å². The van der Waals surface area contributed by atoms with Crippen LogP contribution < -0.4 is 5.73 Å². The van der Waals surface area contributed by atoms with Crippen LogP contribution in [0, 0.1) is 0 Å². The minimum Gasteiger partial charge on any atom is -0.464 e. The Morgan fingerprint density at radius 1 is 1.44 bits per heavy atom. The molecule has 1 unspecified atom stereocenters. The number of nitrogens with two attached hydrogens (primary N) is 1. The summed E-state index contributed by atoms with van der Waals surface area (Å²) >= 11 is 0. The van der Waals surface area contributed by atoms with Crippen LogP contribution in [-0.4, -0.2) is 29.6 Å². The van der Waals surface area contributed by atoms with Crippen LogP contribution in [0.4, 0.5) is 0 Å². The first kappa shape index (κ1) is 14.3. The van der Waals surface area contributed by atoms with Crippen molar-refractivity contribution in [2.24, 2.45) is 5.73 Å². The molecule has 1 aromatic carbocycles. The van der Waals surface area contributed by atoms with Crippen molar-refractivity contribution in [3.63, 3.8) is 0 Å². The minimum atomic E-state index is -1.42. The van der Waals surface area contributed by atoms with Gasteiger partial charge in [-0.05, 0) is 18.6 Å². The van der Waals surface area contributed by atoms with E-state index in [0.29, 0.717) is 12.1 Å². The summed E-state index contributed by atoms with van der Waals surface area (Å²) in [5.41, 5.74) is 6.73. The number of esters is 1. The molecular formula is C13H17NO4. The zero-order valence-corrected chi connectivity index (χ0v) is 10.3. The molecule has 0 fully saturated rings. The number of hydrogen-bond donors (Lipinski definition) is 2. The van der Waals surface area contributed by atoms with Crippen molar-refractivity contribution in [3.05, 3.63) is 35.4 Å². The van der Waals surface area contributed by atoms with Crippen molar-refractivity contribution in [3.8, 4) is 0 Å². The molecule has 18 heavy (non-hydrogen) atoms. The maximum absolute atomic E-state index is 11.8. The van der Waals surface area contributed by atoms with Crippen molar-refractivity contribution in [2.45, 2.75) is 26.0 Å². The fourth-order valence-electron chi connectivity index (χ4n) is 1.49. The van der Waals surface area contributed by atoms with E-state index in [9.17, 15) is 14.7 Å². The number of ketones is 1. The Morgan fingerprint density at radius 3 is 2.78 bits per heavy atom. The second-order valence-electron chi connectivity index (χ2n) is 3.80. The average Bonchev–Trinajstić information content (AvgIpc) is 2.39. The standard InChI is InChI=1S/C13H17NO4/c1-2-18-13(17)12(16)7-11(15)10-5-3-4-9(6-10)8-14/h3-6,12,16H,2,7-8,14H2,1H3.